The van der Waals surface area contributed by atoms with Crippen LogP contribution < -0.4 is 10.1 Å². The van der Waals surface area contributed by atoms with Gasteiger partial charge in [0, 0.05) is 23.9 Å². The first-order chi connectivity index (χ1) is 12.1. The second-order valence-corrected chi connectivity index (χ2v) is 7.47. The molecule has 0 saturated heterocycles. The molecule has 0 radical (unpaired) electrons. The van der Waals surface area contributed by atoms with Gasteiger partial charge < -0.3 is 19.5 Å². The fourth-order valence-corrected chi connectivity index (χ4v) is 2.51. The van der Waals surface area contributed by atoms with Crippen molar-refractivity contribution in [3.05, 3.63) is 40.9 Å². The molecule has 7 heteroatoms. The minimum atomic E-state index is -0.595. The normalized spacial score (nSPS) is 19.7. The average molecular weight is 382 g/mol. The Balaban J connectivity index is 2.10. The summed E-state index contributed by atoms with van der Waals surface area (Å²) in [7, 11) is 0. The lowest BCUT2D eigenvalue weighted by atomic mass is 10.1. The Kier molecular flexibility index (Phi) is 6.67. The zero-order valence-corrected chi connectivity index (χ0v) is 16.1. The summed E-state index contributed by atoms with van der Waals surface area (Å²) in [6.45, 7) is 7.14. The minimum absolute atomic E-state index is 0.115. The summed E-state index contributed by atoms with van der Waals surface area (Å²) >= 11 is 6.04. The first-order valence-electron chi connectivity index (χ1n) is 8.38. The molecule has 2 unspecified atom stereocenters. The smallest absolute Gasteiger partial charge is 0.302 e. The van der Waals surface area contributed by atoms with Gasteiger partial charge in [0.1, 0.15) is 18.5 Å². The highest BCUT2D eigenvalue weighted by Gasteiger charge is 2.24. The standard InChI is InChI=1S/C19H24ClNO5/c1-12(22)24-11-14-6-5-7-17(25-14)26-16-9-8-13(20)10-15(16)18(23)21-19(2,3)4/h5-6,8-10,14,17H,7,11H2,1-4H3,(H,21,23). The quantitative estimate of drug-likeness (QED) is 0.624. The molecule has 142 valence electrons. The molecule has 1 aliphatic heterocycles. The Morgan fingerprint density at radius 3 is 2.73 bits per heavy atom. The van der Waals surface area contributed by atoms with E-state index in [-0.39, 0.29) is 18.5 Å². The van der Waals surface area contributed by atoms with Crippen LogP contribution in [0.1, 0.15) is 44.5 Å². The van der Waals surface area contributed by atoms with E-state index in [0.29, 0.717) is 22.8 Å². The third-order valence-corrected chi connectivity index (χ3v) is 3.62. The van der Waals surface area contributed by atoms with Crippen LogP contribution in [0.2, 0.25) is 5.02 Å². The van der Waals surface area contributed by atoms with E-state index < -0.39 is 17.9 Å². The van der Waals surface area contributed by atoms with E-state index in [4.69, 9.17) is 25.8 Å². The SMILES string of the molecule is CC(=O)OCC1C=CCC(Oc2ccc(Cl)cc2C(=O)NC(C)(C)C)O1. The van der Waals surface area contributed by atoms with Crippen LogP contribution in [0.15, 0.2) is 30.4 Å². The van der Waals surface area contributed by atoms with Crippen LogP contribution >= 0.6 is 11.6 Å². The molecule has 6 nitrogen and oxygen atoms in total. The summed E-state index contributed by atoms with van der Waals surface area (Å²) in [5.41, 5.74) is -0.0577. The molecule has 2 atom stereocenters. The van der Waals surface area contributed by atoms with Crippen LogP contribution in [0, 0.1) is 0 Å². The van der Waals surface area contributed by atoms with Crippen LogP contribution in [-0.4, -0.2) is 36.4 Å². The second-order valence-electron chi connectivity index (χ2n) is 7.03. The highest BCUT2D eigenvalue weighted by molar-refractivity contribution is 6.31. The van der Waals surface area contributed by atoms with E-state index in [2.05, 4.69) is 5.32 Å². The number of hydrogen-bond acceptors (Lipinski definition) is 5. The van der Waals surface area contributed by atoms with Gasteiger partial charge in [-0.25, -0.2) is 0 Å². The van der Waals surface area contributed by atoms with Crippen molar-refractivity contribution >= 4 is 23.5 Å². The van der Waals surface area contributed by atoms with Gasteiger partial charge in [-0.1, -0.05) is 23.8 Å². The largest absolute Gasteiger partial charge is 0.464 e. The van der Waals surface area contributed by atoms with Gasteiger partial charge in [-0.2, -0.15) is 0 Å². The van der Waals surface area contributed by atoms with Crippen molar-refractivity contribution in [2.24, 2.45) is 0 Å². The number of hydrogen-bond donors (Lipinski definition) is 1. The lowest BCUT2D eigenvalue weighted by molar-refractivity contribution is -0.154. The number of rotatable bonds is 5. The predicted molar refractivity (Wildman–Crippen MR) is 98.4 cm³/mol. The van der Waals surface area contributed by atoms with Crippen molar-refractivity contribution < 1.29 is 23.8 Å². The van der Waals surface area contributed by atoms with Crippen LogP contribution in [0.5, 0.6) is 5.75 Å². The number of esters is 1. The molecule has 1 N–H and O–H groups in total. The summed E-state index contributed by atoms with van der Waals surface area (Å²) < 4.78 is 16.6. The summed E-state index contributed by atoms with van der Waals surface area (Å²) in [6.07, 6.45) is 3.24. The van der Waals surface area contributed by atoms with Gasteiger partial charge in [-0.3, -0.25) is 9.59 Å². The van der Waals surface area contributed by atoms with Crippen LogP contribution in [0.3, 0.4) is 0 Å². The third kappa shape index (κ3) is 6.35. The van der Waals surface area contributed by atoms with E-state index >= 15 is 0 Å². The Bertz CT molecular complexity index is 696. The van der Waals surface area contributed by atoms with Crippen molar-refractivity contribution in [1.29, 1.82) is 0 Å². The number of amides is 1. The van der Waals surface area contributed by atoms with Crippen molar-refractivity contribution in [3.8, 4) is 5.75 Å². The van der Waals surface area contributed by atoms with Crippen molar-refractivity contribution in [1.82, 2.24) is 5.32 Å². The van der Waals surface area contributed by atoms with Crippen LogP contribution in [-0.2, 0) is 14.3 Å². The fourth-order valence-electron chi connectivity index (χ4n) is 2.34. The Morgan fingerprint density at radius 2 is 2.08 bits per heavy atom. The van der Waals surface area contributed by atoms with Gasteiger partial charge in [0.25, 0.3) is 5.91 Å². The van der Waals surface area contributed by atoms with Crippen molar-refractivity contribution in [2.75, 3.05) is 6.61 Å². The molecule has 26 heavy (non-hydrogen) atoms. The Hall–Kier alpha value is -2.05. The minimum Gasteiger partial charge on any atom is -0.464 e. The lowest BCUT2D eigenvalue weighted by Gasteiger charge is -2.27. The van der Waals surface area contributed by atoms with Crippen LogP contribution in [0.4, 0.5) is 0 Å². The molecule has 0 bridgehead atoms. The molecule has 1 amide bonds. The van der Waals surface area contributed by atoms with E-state index in [1.807, 2.05) is 32.9 Å². The summed E-state index contributed by atoms with van der Waals surface area (Å²) in [5, 5.41) is 3.33. The van der Waals surface area contributed by atoms with E-state index in [1.165, 1.54) is 6.92 Å². The Labute approximate surface area is 158 Å². The maximum atomic E-state index is 12.6. The summed E-state index contributed by atoms with van der Waals surface area (Å²) in [6, 6.07) is 4.86. The van der Waals surface area contributed by atoms with Gasteiger partial charge >= 0.3 is 5.97 Å². The number of nitrogens with one attached hydrogen (secondary N) is 1. The van der Waals surface area contributed by atoms with E-state index in [1.54, 1.807) is 18.2 Å². The number of carbonyl (C=O) groups excluding carboxylic acids is 2. The monoisotopic (exact) mass is 381 g/mol. The highest BCUT2D eigenvalue weighted by Crippen LogP contribution is 2.26. The molecule has 0 aromatic heterocycles. The maximum Gasteiger partial charge on any atom is 0.302 e. The molecule has 1 aromatic carbocycles. The van der Waals surface area contributed by atoms with Crippen LogP contribution in [0.25, 0.3) is 0 Å². The summed E-state index contributed by atoms with van der Waals surface area (Å²) in [4.78, 5) is 23.5. The highest BCUT2D eigenvalue weighted by atomic mass is 35.5. The number of halogens is 1. The zero-order valence-electron chi connectivity index (χ0n) is 15.4. The van der Waals surface area contributed by atoms with Gasteiger partial charge in [-0.05, 0) is 39.0 Å². The molecule has 0 aliphatic carbocycles. The molecule has 2 rings (SSSR count). The molecule has 1 aliphatic rings. The third-order valence-electron chi connectivity index (χ3n) is 3.39. The van der Waals surface area contributed by atoms with Crippen molar-refractivity contribution in [2.45, 2.75) is 52.0 Å². The molecule has 1 aromatic rings. The number of ether oxygens (including phenoxy) is 3. The molecular formula is C19H24ClNO5. The first kappa shape index (κ1) is 20.3. The number of benzene rings is 1. The second kappa shape index (κ2) is 8.56. The topological polar surface area (TPSA) is 73.9 Å². The first-order valence-corrected chi connectivity index (χ1v) is 8.76. The lowest BCUT2D eigenvalue weighted by Crippen LogP contribution is -2.41. The molecule has 0 spiro atoms. The predicted octanol–water partition coefficient (Wildman–Crippen LogP) is 3.48. The van der Waals surface area contributed by atoms with Gasteiger partial charge in [0.05, 0.1) is 5.56 Å². The average Bonchev–Trinajstić information content (AvgIpc) is 2.53. The number of carbonyl (C=O) groups is 2. The fraction of sp³-hybridized carbons (Fsp3) is 0.474. The van der Waals surface area contributed by atoms with Gasteiger partial charge in [0.15, 0.2) is 0 Å². The van der Waals surface area contributed by atoms with E-state index in [9.17, 15) is 9.59 Å². The molecule has 1 heterocycles. The van der Waals surface area contributed by atoms with Crippen molar-refractivity contribution in [3.63, 3.8) is 0 Å². The maximum absolute atomic E-state index is 12.6. The summed E-state index contributed by atoms with van der Waals surface area (Å²) in [5.74, 6) is -0.274. The zero-order chi connectivity index (χ0) is 19.3. The Morgan fingerprint density at radius 1 is 1.35 bits per heavy atom. The van der Waals surface area contributed by atoms with Gasteiger partial charge in [-0.15, -0.1) is 0 Å². The molecular weight excluding hydrogens is 358 g/mol. The molecule has 0 fully saturated rings. The van der Waals surface area contributed by atoms with E-state index in [0.717, 1.165) is 0 Å². The molecule has 0 saturated carbocycles. The van der Waals surface area contributed by atoms with Gasteiger partial charge in [0.2, 0.25) is 6.29 Å².